The van der Waals surface area contributed by atoms with Crippen molar-refractivity contribution >= 4 is 6.09 Å². The van der Waals surface area contributed by atoms with Crippen LogP contribution in [-0.4, -0.2) is 32.8 Å². The van der Waals surface area contributed by atoms with Crippen LogP contribution in [0.4, 0.5) is 4.79 Å². The Balaban J connectivity index is 4.05. The molecule has 4 heteroatoms. The molecule has 1 unspecified atom stereocenters. The van der Waals surface area contributed by atoms with Crippen LogP contribution in [0.2, 0.25) is 0 Å². The fraction of sp³-hybridized carbons (Fsp3) is 0.744. The largest absolute Gasteiger partial charge is 0.450 e. The Kier molecular flexibility index (Phi) is 38.0. The maximum Gasteiger partial charge on any atom is 0.407 e. The summed E-state index contributed by atoms with van der Waals surface area (Å²) in [5.74, 6) is 6.60. The van der Waals surface area contributed by atoms with Crippen LogP contribution in [0.5, 0.6) is 0 Å². The molecule has 0 aromatic carbocycles. The minimum atomic E-state index is -0.255. The Morgan fingerprint density at radius 3 is 1.64 bits per heavy atom. The van der Waals surface area contributed by atoms with Gasteiger partial charge in [0.25, 0.3) is 0 Å². The number of carbonyl (C=O) groups is 1. The quantitative estimate of drug-likeness (QED) is 0.0413. The summed E-state index contributed by atoms with van der Waals surface area (Å²) >= 11 is 0. The summed E-state index contributed by atoms with van der Waals surface area (Å²) in [5.41, 5.74) is 0. The average molecular weight is 653 g/mol. The molecule has 0 heterocycles. The molecule has 0 spiro atoms. The van der Waals surface area contributed by atoms with Crippen LogP contribution in [0, 0.1) is 17.8 Å². The molecule has 0 saturated heterocycles. The second-order valence-corrected chi connectivity index (χ2v) is 13.1. The Bertz CT molecular complexity index is 832. The van der Waals surface area contributed by atoms with Gasteiger partial charge in [0.05, 0.1) is 6.61 Å². The molecule has 0 aromatic heterocycles. The maximum absolute atomic E-state index is 12.2. The summed E-state index contributed by atoms with van der Waals surface area (Å²) in [6.07, 6.45) is 49.0. The average Bonchev–Trinajstić information content (AvgIpc) is 3.08. The van der Waals surface area contributed by atoms with E-state index in [2.05, 4.69) is 78.0 Å². The first kappa shape index (κ1) is 44.8. The summed E-state index contributed by atoms with van der Waals surface area (Å²) in [4.78, 5) is 12.2. The standard InChI is InChI=1S/C43H76N2O2/c1-4-6-8-10-12-14-16-18-20-22-24-26-28-30-32-34-37-42(41-45-43(46)47-40-36-39-44-3)38-35-33-31-29-27-25-23-21-19-17-15-13-11-9-7-5-2/h12-15,18-21,42,44H,4,6,8-11,16-17,22-41H2,1-3H3,(H,45,46)/b14-12-,15-13-,20-18-,21-19-. The van der Waals surface area contributed by atoms with Gasteiger partial charge in [-0.15, -0.1) is 11.8 Å². The zero-order chi connectivity index (χ0) is 34.1. The Labute approximate surface area is 293 Å². The molecule has 0 bridgehead atoms. The van der Waals surface area contributed by atoms with Gasteiger partial charge in [0.1, 0.15) is 0 Å². The van der Waals surface area contributed by atoms with Crippen molar-refractivity contribution in [1.82, 2.24) is 10.6 Å². The number of carbonyl (C=O) groups excluding carboxylic acids is 1. The van der Waals surface area contributed by atoms with Crippen LogP contribution in [-0.2, 0) is 4.74 Å². The second kappa shape index (κ2) is 39.9. The number of nitrogens with one attached hydrogen (secondary N) is 2. The third-order valence-electron chi connectivity index (χ3n) is 8.60. The minimum absolute atomic E-state index is 0.255. The van der Waals surface area contributed by atoms with Crippen LogP contribution in [0.3, 0.4) is 0 Å². The van der Waals surface area contributed by atoms with Crippen LogP contribution in [0.25, 0.3) is 0 Å². The van der Waals surface area contributed by atoms with Crippen LogP contribution in [0.1, 0.15) is 174 Å². The fourth-order valence-electron chi connectivity index (χ4n) is 5.65. The normalized spacial score (nSPS) is 12.4. The number of unbranched alkanes of at least 4 members (excludes halogenated alkanes) is 16. The monoisotopic (exact) mass is 653 g/mol. The van der Waals surface area contributed by atoms with Gasteiger partial charge < -0.3 is 15.4 Å². The van der Waals surface area contributed by atoms with Gasteiger partial charge >= 0.3 is 6.09 Å². The van der Waals surface area contributed by atoms with Gasteiger partial charge in [-0.1, -0.05) is 133 Å². The SMILES string of the molecule is CC#CCC/C=C\C/C=C\CCCCCCCCC(CCCCCCCC/C=C\C/C=C\CCCCC)CNC(=O)OCCCNC. The van der Waals surface area contributed by atoms with E-state index in [0.29, 0.717) is 12.5 Å². The Morgan fingerprint density at radius 2 is 1.13 bits per heavy atom. The third kappa shape index (κ3) is 38.1. The molecule has 270 valence electrons. The third-order valence-corrected chi connectivity index (χ3v) is 8.60. The van der Waals surface area contributed by atoms with Crippen molar-refractivity contribution in [3.8, 4) is 11.8 Å². The predicted octanol–water partition coefficient (Wildman–Crippen LogP) is 12.6. The zero-order valence-electron chi connectivity index (χ0n) is 31.3. The van der Waals surface area contributed by atoms with E-state index in [1.165, 1.54) is 128 Å². The highest BCUT2D eigenvalue weighted by Crippen LogP contribution is 2.19. The van der Waals surface area contributed by atoms with E-state index in [9.17, 15) is 4.79 Å². The van der Waals surface area contributed by atoms with Crippen LogP contribution >= 0.6 is 0 Å². The molecule has 0 aromatic rings. The van der Waals surface area contributed by atoms with Crippen molar-refractivity contribution < 1.29 is 9.53 Å². The van der Waals surface area contributed by atoms with Crippen LogP contribution < -0.4 is 10.6 Å². The lowest BCUT2D eigenvalue weighted by atomic mass is 9.94. The van der Waals surface area contributed by atoms with Crippen molar-refractivity contribution in [3.63, 3.8) is 0 Å². The molecule has 0 fully saturated rings. The van der Waals surface area contributed by atoms with E-state index in [1.807, 2.05) is 14.0 Å². The first-order chi connectivity index (χ1) is 23.2. The Hall–Kier alpha value is -2.25. The highest BCUT2D eigenvalue weighted by molar-refractivity contribution is 5.67. The summed E-state index contributed by atoms with van der Waals surface area (Å²) in [6.45, 7) is 6.26. The fourth-order valence-corrected chi connectivity index (χ4v) is 5.65. The van der Waals surface area contributed by atoms with E-state index in [-0.39, 0.29) is 6.09 Å². The van der Waals surface area contributed by atoms with Gasteiger partial charge in [-0.2, -0.15) is 0 Å². The maximum atomic E-state index is 12.2. The van der Waals surface area contributed by atoms with Gasteiger partial charge in [-0.05, 0) is 103 Å². The molecule has 0 rings (SSSR count). The molecular weight excluding hydrogens is 576 g/mol. The highest BCUT2D eigenvalue weighted by atomic mass is 16.5. The summed E-state index contributed by atoms with van der Waals surface area (Å²) in [6, 6.07) is 0. The van der Waals surface area contributed by atoms with Gasteiger partial charge in [0.15, 0.2) is 0 Å². The van der Waals surface area contributed by atoms with Crippen molar-refractivity contribution in [3.05, 3.63) is 48.6 Å². The van der Waals surface area contributed by atoms with Gasteiger partial charge in [0.2, 0.25) is 0 Å². The second-order valence-electron chi connectivity index (χ2n) is 13.1. The van der Waals surface area contributed by atoms with E-state index in [1.54, 1.807) is 0 Å². The Morgan fingerprint density at radius 1 is 0.638 bits per heavy atom. The number of ether oxygens (including phenoxy) is 1. The summed E-state index contributed by atoms with van der Waals surface area (Å²) < 4.78 is 5.35. The minimum Gasteiger partial charge on any atom is -0.450 e. The van der Waals surface area contributed by atoms with Crippen molar-refractivity contribution in [2.45, 2.75) is 174 Å². The molecule has 0 saturated carbocycles. The smallest absolute Gasteiger partial charge is 0.407 e. The molecule has 2 N–H and O–H groups in total. The molecule has 0 radical (unpaired) electrons. The molecule has 4 nitrogen and oxygen atoms in total. The van der Waals surface area contributed by atoms with E-state index in [0.717, 1.165) is 45.2 Å². The van der Waals surface area contributed by atoms with Crippen molar-refractivity contribution in [2.75, 3.05) is 26.7 Å². The van der Waals surface area contributed by atoms with Crippen molar-refractivity contribution in [1.29, 1.82) is 0 Å². The first-order valence-corrected chi connectivity index (χ1v) is 19.8. The lowest BCUT2D eigenvalue weighted by Crippen LogP contribution is -2.30. The topological polar surface area (TPSA) is 50.4 Å². The molecular formula is C43H76N2O2. The lowest BCUT2D eigenvalue weighted by Gasteiger charge is -2.18. The number of alkyl carbamates (subject to hydrolysis) is 1. The molecule has 0 aliphatic carbocycles. The molecule has 1 atom stereocenters. The number of allylic oxidation sites excluding steroid dienone is 8. The van der Waals surface area contributed by atoms with Gasteiger partial charge in [0, 0.05) is 13.0 Å². The predicted molar refractivity (Wildman–Crippen MR) is 208 cm³/mol. The van der Waals surface area contributed by atoms with E-state index >= 15 is 0 Å². The number of hydrogen-bond acceptors (Lipinski definition) is 3. The zero-order valence-corrected chi connectivity index (χ0v) is 31.3. The number of rotatable bonds is 34. The lowest BCUT2D eigenvalue weighted by molar-refractivity contribution is 0.142. The molecule has 0 aliphatic heterocycles. The van der Waals surface area contributed by atoms with Crippen molar-refractivity contribution in [2.24, 2.45) is 5.92 Å². The molecule has 1 amide bonds. The number of amides is 1. The molecule has 0 aliphatic rings. The van der Waals surface area contributed by atoms with E-state index in [4.69, 9.17) is 4.74 Å². The van der Waals surface area contributed by atoms with E-state index < -0.39 is 0 Å². The summed E-state index contributed by atoms with van der Waals surface area (Å²) in [7, 11) is 1.92. The molecule has 47 heavy (non-hydrogen) atoms. The number of hydrogen-bond donors (Lipinski definition) is 2. The summed E-state index contributed by atoms with van der Waals surface area (Å²) in [5, 5.41) is 6.15. The van der Waals surface area contributed by atoms with Crippen LogP contribution in [0.15, 0.2) is 48.6 Å². The van der Waals surface area contributed by atoms with Gasteiger partial charge in [-0.25, -0.2) is 4.79 Å². The highest BCUT2D eigenvalue weighted by Gasteiger charge is 2.11. The first-order valence-electron chi connectivity index (χ1n) is 19.8. The van der Waals surface area contributed by atoms with Gasteiger partial charge in [-0.3, -0.25) is 0 Å².